The summed E-state index contributed by atoms with van der Waals surface area (Å²) in [7, 11) is 0. The molecule has 0 saturated carbocycles. The fourth-order valence-electron chi connectivity index (χ4n) is 4.11. The quantitative estimate of drug-likeness (QED) is 0.679. The number of carbonyl (C=O) groups excluding carboxylic acids is 1. The van der Waals surface area contributed by atoms with Crippen molar-refractivity contribution in [3.8, 4) is 5.69 Å². The highest BCUT2D eigenvalue weighted by atomic mass is 16.5. The number of nitrogens with zero attached hydrogens (tertiary/aromatic N) is 2. The van der Waals surface area contributed by atoms with Crippen molar-refractivity contribution in [3.05, 3.63) is 89.7 Å². The van der Waals surface area contributed by atoms with E-state index in [1.807, 2.05) is 71.1 Å². The summed E-state index contributed by atoms with van der Waals surface area (Å²) in [5.74, 6) is -0.00458. The topological polar surface area (TPSA) is 34.5 Å². The molecule has 2 aliphatic rings. The van der Waals surface area contributed by atoms with Gasteiger partial charge >= 0.3 is 0 Å². The van der Waals surface area contributed by atoms with E-state index in [1.54, 1.807) is 0 Å². The Hall–Kier alpha value is -2.85. The third-order valence-electron chi connectivity index (χ3n) is 5.33. The number of hydrogen-bond acceptors (Lipinski definition) is 2. The van der Waals surface area contributed by atoms with E-state index in [0.717, 1.165) is 16.8 Å². The van der Waals surface area contributed by atoms with E-state index in [0.29, 0.717) is 12.3 Å². The Kier molecular flexibility index (Phi) is 2.94. The van der Waals surface area contributed by atoms with Gasteiger partial charge in [0, 0.05) is 11.8 Å². The highest BCUT2D eigenvalue weighted by Gasteiger charge is 2.51. The molecule has 4 nitrogen and oxygen atoms in total. The molecule has 3 aromatic rings. The minimum absolute atomic E-state index is 0.00458. The average Bonchev–Trinajstić information content (AvgIpc) is 3.26. The first-order chi connectivity index (χ1) is 12.2. The molecule has 2 atom stereocenters. The van der Waals surface area contributed by atoms with Crippen LogP contribution in [0.1, 0.15) is 34.6 Å². The fourth-order valence-corrected chi connectivity index (χ4v) is 4.11. The number of benzene rings is 2. The zero-order valence-corrected chi connectivity index (χ0v) is 13.9. The van der Waals surface area contributed by atoms with Gasteiger partial charge in [-0.1, -0.05) is 48.5 Å². The van der Waals surface area contributed by atoms with Gasteiger partial charge in [-0.2, -0.15) is 0 Å². The summed E-state index contributed by atoms with van der Waals surface area (Å²) in [6.07, 6.45) is 1.94. The average molecular weight is 330 g/mol. The summed E-state index contributed by atoms with van der Waals surface area (Å²) in [5.41, 5.74) is 2.98. The minimum atomic E-state index is -0.785. The summed E-state index contributed by atoms with van der Waals surface area (Å²) in [5, 5.41) is 0. The van der Waals surface area contributed by atoms with Crippen molar-refractivity contribution in [1.29, 1.82) is 0 Å². The largest absolute Gasteiger partial charge is 0.349 e. The van der Waals surface area contributed by atoms with Crippen molar-refractivity contribution >= 4 is 5.91 Å². The normalized spacial score (nSPS) is 24.4. The molecule has 3 heterocycles. The molecule has 124 valence electrons. The number of aromatic nitrogens is 1. The molecule has 4 heteroatoms. The lowest BCUT2D eigenvalue weighted by Gasteiger charge is -2.35. The second-order valence-corrected chi connectivity index (χ2v) is 6.68. The lowest BCUT2D eigenvalue weighted by atomic mass is 9.99. The molecule has 25 heavy (non-hydrogen) atoms. The summed E-state index contributed by atoms with van der Waals surface area (Å²) in [4.78, 5) is 15.4. The van der Waals surface area contributed by atoms with E-state index in [-0.39, 0.29) is 11.9 Å². The van der Waals surface area contributed by atoms with Gasteiger partial charge in [-0.25, -0.2) is 0 Å². The molecule has 5 rings (SSSR count). The molecule has 1 fully saturated rings. The monoisotopic (exact) mass is 330 g/mol. The molecule has 2 unspecified atom stereocenters. The fraction of sp³-hybridized carbons (Fsp3) is 0.190. The molecule has 2 aromatic carbocycles. The molecule has 1 amide bonds. The Balaban J connectivity index is 1.77. The van der Waals surface area contributed by atoms with E-state index in [9.17, 15) is 4.79 Å². The van der Waals surface area contributed by atoms with Crippen LogP contribution in [0, 0.1) is 0 Å². The van der Waals surface area contributed by atoms with Crippen LogP contribution in [0.2, 0.25) is 0 Å². The van der Waals surface area contributed by atoms with Crippen LogP contribution >= 0.6 is 0 Å². The van der Waals surface area contributed by atoms with Crippen LogP contribution in [0.5, 0.6) is 0 Å². The SMILES string of the molecule is CC12OCC(c3ccccc3)N1C(=O)c1cccn1-c1ccccc12. The third-order valence-corrected chi connectivity index (χ3v) is 5.33. The van der Waals surface area contributed by atoms with Crippen LogP contribution in [0.4, 0.5) is 0 Å². The Morgan fingerprint density at radius 2 is 1.76 bits per heavy atom. The highest BCUT2D eigenvalue weighted by Crippen LogP contribution is 2.47. The predicted octanol–water partition coefficient (Wildman–Crippen LogP) is 3.88. The number of para-hydroxylation sites is 1. The van der Waals surface area contributed by atoms with Gasteiger partial charge in [0.2, 0.25) is 0 Å². The van der Waals surface area contributed by atoms with Gasteiger partial charge in [0.15, 0.2) is 5.72 Å². The summed E-state index contributed by atoms with van der Waals surface area (Å²) in [6, 6.07) is 21.9. The molecule has 0 radical (unpaired) electrons. The molecule has 0 N–H and O–H groups in total. The Morgan fingerprint density at radius 3 is 2.60 bits per heavy atom. The first kappa shape index (κ1) is 14.5. The Morgan fingerprint density at radius 1 is 1.00 bits per heavy atom. The van der Waals surface area contributed by atoms with Gasteiger partial charge in [-0.15, -0.1) is 0 Å². The standard InChI is InChI=1S/C21H18N2O2/c1-21-16-10-5-6-11-17(16)22-13-7-12-18(22)20(24)23(21)19(14-25-21)15-8-3-2-4-9-15/h2-13,19H,14H2,1H3. The summed E-state index contributed by atoms with van der Waals surface area (Å²) >= 11 is 0. The minimum Gasteiger partial charge on any atom is -0.349 e. The van der Waals surface area contributed by atoms with Gasteiger partial charge in [-0.3, -0.25) is 9.69 Å². The molecular formula is C21H18N2O2. The number of amides is 1. The van der Waals surface area contributed by atoms with Crippen molar-refractivity contribution in [3.63, 3.8) is 0 Å². The lowest BCUT2D eigenvalue weighted by molar-refractivity contribution is -0.0598. The molecule has 0 spiro atoms. The van der Waals surface area contributed by atoms with E-state index in [2.05, 4.69) is 18.2 Å². The van der Waals surface area contributed by atoms with Gasteiger partial charge < -0.3 is 9.30 Å². The number of hydrogen-bond donors (Lipinski definition) is 0. The maximum atomic E-state index is 13.5. The molecule has 0 bridgehead atoms. The zero-order chi connectivity index (χ0) is 17.0. The number of rotatable bonds is 1. The van der Waals surface area contributed by atoms with Gasteiger partial charge in [0.1, 0.15) is 5.69 Å². The van der Waals surface area contributed by atoms with Gasteiger partial charge in [0.25, 0.3) is 5.91 Å². The zero-order valence-electron chi connectivity index (χ0n) is 13.9. The van der Waals surface area contributed by atoms with Gasteiger partial charge in [0.05, 0.1) is 18.3 Å². The molecule has 1 aromatic heterocycles. The number of ether oxygens (including phenoxy) is 1. The number of carbonyl (C=O) groups is 1. The molecule has 1 saturated heterocycles. The van der Waals surface area contributed by atoms with Crippen LogP contribution in [-0.2, 0) is 10.5 Å². The third kappa shape index (κ3) is 1.88. The first-order valence-electron chi connectivity index (χ1n) is 8.50. The van der Waals surface area contributed by atoms with Crippen molar-refractivity contribution in [2.75, 3.05) is 6.61 Å². The second kappa shape index (κ2) is 5.07. The molecule has 0 aliphatic carbocycles. The highest BCUT2D eigenvalue weighted by molar-refractivity contribution is 5.95. The van der Waals surface area contributed by atoms with Crippen LogP contribution in [0.15, 0.2) is 72.9 Å². The summed E-state index contributed by atoms with van der Waals surface area (Å²) in [6.45, 7) is 2.49. The van der Waals surface area contributed by atoms with E-state index in [1.165, 1.54) is 0 Å². The van der Waals surface area contributed by atoms with Gasteiger partial charge in [-0.05, 0) is 30.7 Å². The lowest BCUT2D eigenvalue weighted by Crippen LogP contribution is -2.44. The maximum Gasteiger partial charge on any atom is 0.273 e. The van der Waals surface area contributed by atoms with E-state index < -0.39 is 5.72 Å². The number of fused-ring (bicyclic) bond motifs is 5. The van der Waals surface area contributed by atoms with Crippen molar-refractivity contribution in [1.82, 2.24) is 9.47 Å². The predicted molar refractivity (Wildman–Crippen MR) is 94.4 cm³/mol. The second-order valence-electron chi connectivity index (χ2n) is 6.68. The molecule has 2 aliphatic heterocycles. The summed E-state index contributed by atoms with van der Waals surface area (Å²) < 4.78 is 8.25. The van der Waals surface area contributed by atoms with Crippen LogP contribution in [-0.4, -0.2) is 22.0 Å². The smallest absolute Gasteiger partial charge is 0.273 e. The Labute approximate surface area is 146 Å². The van der Waals surface area contributed by atoms with Crippen molar-refractivity contribution in [2.24, 2.45) is 0 Å². The first-order valence-corrected chi connectivity index (χ1v) is 8.50. The van der Waals surface area contributed by atoms with Crippen molar-refractivity contribution in [2.45, 2.75) is 18.7 Å². The van der Waals surface area contributed by atoms with E-state index in [4.69, 9.17) is 4.74 Å². The Bertz CT molecular complexity index is 963. The van der Waals surface area contributed by atoms with Crippen molar-refractivity contribution < 1.29 is 9.53 Å². The maximum absolute atomic E-state index is 13.5. The molecular weight excluding hydrogens is 312 g/mol. The van der Waals surface area contributed by atoms with Crippen LogP contribution in [0.3, 0.4) is 0 Å². The van der Waals surface area contributed by atoms with E-state index >= 15 is 0 Å². The van der Waals surface area contributed by atoms with Crippen LogP contribution in [0.25, 0.3) is 5.69 Å². The van der Waals surface area contributed by atoms with Crippen LogP contribution < -0.4 is 0 Å².